The van der Waals surface area contributed by atoms with Gasteiger partial charge in [0.25, 0.3) is 0 Å². The molecule has 0 bridgehead atoms. The molecule has 2 N–H and O–H groups in total. The third kappa shape index (κ3) is 7.68. The molecular weight excluding hydrogens is 491 g/mol. The Bertz CT molecular complexity index is 756. The molecule has 6 nitrogen and oxygen atoms in total. The Morgan fingerprint density at radius 2 is 1.87 bits per heavy atom. The quantitative estimate of drug-likeness (QED) is 0.227. The number of nitrogens with one attached hydrogen (secondary N) is 2. The van der Waals surface area contributed by atoms with E-state index in [4.69, 9.17) is 14.5 Å². The van der Waals surface area contributed by atoms with Crippen molar-refractivity contribution in [1.29, 1.82) is 0 Å². The number of guanidine groups is 1. The largest absolute Gasteiger partial charge is 0.491 e. The van der Waals surface area contributed by atoms with E-state index in [1.807, 2.05) is 12.1 Å². The summed E-state index contributed by atoms with van der Waals surface area (Å²) in [5.41, 5.74) is 2.44. The molecule has 1 aliphatic rings. The second kappa shape index (κ2) is 13.3. The fourth-order valence-corrected chi connectivity index (χ4v) is 3.37. The first kappa shape index (κ1) is 24.3. The molecule has 1 heterocycles. The monoisotopic (exact) mass is 524 g/mol. The lowest BCUT2D eigenvalue weighted by molar-refractivity contribution is 0.146. The van der Waals surface area contributed by atoms with Crippen LogP contribution < -0.4 is 20.3 Å². The number of hydrogen-bond donors (Lipinski definition) is 2. The van der Waals surface area contributed by atoms with Gasteiger partial charge in [-0.15, -0.1) is 24.0 Å². The Morgan fingerprint density at radius 3 is 2.57 bits per heavy atom. The van der Waals surface area contributed by atoms with Crippen LogP contribution in [0.25, 0.3) is 0 Å². The van der Waals surface area contributed by atoms with E-state index in [1.54, 1.807) is 7.11 Å². The molecule has 0 saturated carbocycles. The minimum absolute atomic E-state index is 0. The van der Waals surface area contributed by atoms with Crippen molar-refractivity contribution in [3.05, 3.63) is 60.2 Å². The van der Waals surface area contributed by atoms with Crippen LogP contribution in [-0.2, 0) is 11.3 Å². The van der Waals surface area contributed by atoms with Gasteiger partial charge in [0.15, 0.2) is 5.96 Å². The number of rotatable bonds is 9. The van der Waals surface area contributed by atoms with E-state index in [-0.39, 0.29) is 24.0 Å². The molecule has 0 spiro atoms. The Morgan fingerprint density at radius 1 is 1.10 bits per heavy atom. The minimum Gasteiger partial charge on any atom is -0.491 e. The summed E-state index contributed by atoms with van der Waals surface area (Å²) in [5.74, 6) is 1.72. The summed E-state index contributed by atoms with van der Waals surface area (Å²) in [4.78, 5) is 7.19. The average Bonchev–Trinajstić information content (AvgIpc) is 3.22. The highest BCUT2D eigenvalue weighted by Gasteiger charge is 2.23. The van der Waals surface area contributed by atoms with E-state index in [0.717, 1.165) is 43.3 Å². The first-order valence-corrected chi connectivity index (χ1v) is 10.3. The van der Waals surface area contributed by atoms with Crippen molar-refractivity contribution < 1.29 is 9.47 Å². The predicted molar refractivity (Wildman–Crippen MR) is 134 cm³/mol. The van der Waals surface area contributed by atoms with E-state index >= 15 is 0 Å². The van der Waals surface area contributed by atoms with E-state index in [9.17, 15) is 0 Å². The van der Waals surface area contributed by atoms with Gasteiger partial charge in [0.1, 0.15) is 12.4 Å². The first-order valence-electron chi connectivity index (χ1n) is 10.3. The Kier molecular flexibility index (Phi) is 10.8. The van der Waals surface area contributed by atoms with Crippen LogP contribution >= 0.6 is 24.0 Å². The van der Waals surface area contributed by atoms with Gasteiger partial charge < -0.3 is 25.0 Å². The molecule has 164 valence electrons. The van der Waals surface area contributed by atoms with Gasteiger partial charge in [-0.3, -0.25) is 0 Å². The Labute approximate surface area is 197 Å². The third-order valence-electron chi connectivity index (χ3n) is 4.89. The van der Waals surface area contributed by atoms with Crippen molar-refractivity contribution in [2.24, 2.45) is 4.99 Å². The molecule has 1 aliphatic heterocycles. The van der Waals surface area contributed by atoms with Crippen LogP contribution in [0.3, 0.4) is 0 Å². The topological polar surface area (TPSA) is 58.1 Å². The maximum atomic E-state index is 5.61. The molecule has 30 heavy (non-hydrogen) atoms. The van der Waals surface area contributed by atoms with Gasteiger partial charge in [-0.25, -0.2) is 4.99 Å². The Hall–Kier alpha value is -2.00. The van der Waals surface area contributed by atoms with E-state index < -0.39 is 0 Å². The molecule has 0 aromatic heterocycles. The summed E-state index contributed by atoms with van der Waals surface area (Å²) in [7, 11) is 1.67. The molecule has 2 aromatic rings. The third-order valence-corrected chi connectivity index (χ3v) is 4.89. The standard InChI is InChI=1S/C23H32N4O2.HI/c1-3-24-23(25-17-19-9-11-22(12-10-19)29-16-15-28-2)26-20-13-14-27(18-20)21-7-5-4-6-8-21;/h4-12,20H,3,13-18H2,1-2H3,(H2,24,25,26);1H. The lowest BCUT2D eigenvalue weighted by Gasteiger charge is -2.20. The number of aliphatic imine (C=N–C) groups is 1. The second-order valence-electron chi connectivity index (χ2n) is 7.09. The fraction of sp³-hybridized carbons (Fsp3) is 0.435. The van der Waals surface area contributed by atoms with Crippen molar-refractivity contribution in [1.82, 2.24) is 10.6 Å². The van der Waals surface area contributed by atoms with Crippen molar-refractivity contribution in [2.45, 2.75) is 25.9 Å². The molecular formula is C23H33IN4O2. The number of halogens is 1. The highest BCUT2D eigenvalue weighted by molar-refractivity contribution is 14.0. The smallest absolute Gasteiger partial charge is 0.191 e. The molecule has 3 rings (SSSR count). The summed E-state index contributed by atoms with van der Waals surface area (Å²) < 4.78 is 10.6. The number of ether oxygens (including phenoxy) is 2. The van der Waals surface area contributed by atoms with Crippen molar-refractivity contribution in [3.63, 3.8) is 0 Å². The molecule has 1 fully saturated rings. The summed E-state index contributed by atoms with van der Waals surface area (Å²) in [5, 5.41) is 6.95. The zero-order chi connectivity index (χ0) is 20.3. The van der Waals surface area contributed by atoms with E-state index in [0.29, 0.717) is 25.8 Å². The van der Waals surface area contributed by atoms with Gasteiger partial charge in [0.2, 0.25) is 0 Å². The minimum atomic E-state index is 0. The SMILES string of the molecule is CCNC(=NCc1ccc(OCCOC)cc1)NC1CCN(c2ccccc2)C1.I. The maximum Gasteiger partial charge on any atom is 0.191 e. The highest BCUT2D eigenvalue weighted by Crippen LogP contribution is 2.19. The zero-order valence-corrected chi connectivity index (χ0v) is 20.2. The number of benzene rings is 2. The molecule has 1 saturated heterocycles. The van der Waals surface area contributed by atoms with Crippen LogP contribution in [0.2, 0.25) is 0 Å². The van der Waals surface area contributed by atoms with Crippen LogP contribution in [0.5, 0.6) is 5.75 Å². The lowest BCUT2D eigenvalue weighted by atomic mass is 10.2. The predicted octanol–water partition coefficient (Wildman–Crippen LogP) is 3.66. The van der Waals surface area contributed by atoms with Crippen LogP contribution in [0.1, 0.15) is 18.9 Å². The first-order chi connectivity index (χ1) is 14.3. The van der Waals surface area contributed by atoms with Gasteiger partial charge in [0.05, 0.1) is 13.2 Å². The molecule has 0 radical (unpaired) electrons. The van der Waals surface area contributed by atoms with Gasteiger partial charge in [-0.2, -0.15) is 0 Å². The fourth-order valence-electron chi connectivity index (χ4n) is 3.37. The van der Waals surface area contributed by atoms with E-state index in [2.05, 4.69) is 64.9 Å². The van der Waals surface area contributed by atoms with Crippen LogP contribution in [0.4, 0.5) is 5.69 Å². The van der Waals surface area contributed by atoms with Gasteiger partial charge in [-0.1, -0.05) is 30.3 Å². The van der Waals surface area contributed by atoms with Crippen molar-refractivity contribution in [2.75, 3.05) is 44.9 Å². The highest BCUT2D eigenvalue weighted by atomic mass is 127. The number of para-hydroxylation sites is 1. The summed E-state index contributed by atoms with van der Waals surface area (Å²) in [6.07, 6.45) is 1.10. The summed E-state index contributed by atoms with van der Waals surface area (Å²) in [6.45, 7) is 6.76. The van der Waals surface area contributed by atoms with Crippen molar-refractivity contribution >= 4 is 35.6 Å². The van der Waals surface area contributed by atoms with Gasteiger partial charge in [-0.05, 0) is 43.2 Å². The maximum absolute atomic E-state index is 5.61. The van der Waals surface area contributed by atoms with Crippen LogP contribution in [0, 0.1) is 0 Å². The second-order valence-corrected chi connectivity index (χ2v) is 7.09. The molecule has 0 aliphatic carbocycles. The van der Waals surface area contributed by atoms with Crippen molar-refractivity contribution in [3.8, 4) is 5.75 Å². The summed E-state index contributed by atoms with van der Waals surface area (Å²) in [6, 6.07) is 19.1. The average molecular weight is 524 g/mol. The Balaban J connectivity index is 0.00000320. The van der Waals surface area contributed by atoms with Crippen LogP contribution in [0.15, 0.2) is 59.6 Å². The van der Waals surface area contributed by atoms with Gasteiger partial charge >= 0.3 is 0 Å². The molecule has 1 atom stereocenters. The number of nitrogens with zero attached hydrogens (tertiary/aromatic N) is 2. The number of methoxy groups -OCH3 is 1. The molecule has 1 unspecified atom stereocenters. The lowest BCUT2D eigenvalue weighted by Crippen LogP contribution is -2.44. The zero-order valence-electron chi connectivity index (χ0n) is 17.8. The molecule has 7 heteroatoms. The number of anilines is 1. The number of hydrogen-bond acceptors (Lipinski definition) is 4. The molecule has 0 amide bonds. The van der Waals surface area contributed by atoms with E-state index in [1.165, 1.54) is 5.69 Å². The van der Waals surface area contributed by atoms with Gasteiger partial charge in [0, 0.05) is 38.5 Å². The normalized spacial score (nSPS) is 16.1. The summed E-state index contributed by atoms with van der Waals surface area (Å²) >= 11 is 0. The van der Waals surface area contributed by atoms with Crippen LogP contribution in [-0.4, -0.2) is 52.0 Å². The molecule has 2 aromatic carbocycles.